The molecule has 0 aliphatic carbocycles. The Kier molecular flexibility index (Phi) is 5.48. The van der Waals surface area contributed by atoms with Crippen LogP contribution in [0.25, 0.3) is 0 Å². The molecule has 0 bridgehead atoms. The van der Waals surface area contributed by atoms with Crippen LogP contribution in [0.5, 0.6) is 5.75 Å². The van der Waals surface area contributed by atoms with E-state index in [1.54, 1.807) is 16.3 Å². The molecule has 6 nitrogen and oxygen atoms in total. The van der Waals surface area contributed by atoms with Crippen molar-refractivity contribution in [3.05, 3.63) is 52.2 Å². The molecule has 1 aliphatic rings. The van der Waals surface area contributed by atoms with Gasteiger partial charge in [-0.2, -0.15) is 0 Å². The monoisotopic (exact) mass is 357 g/mol. The van der Waals surface area contributed by atoms with E-state index in [9.17, 15) is 4.79 Å². The smallest absolute Gasteiger partial charge is 0.270 e. The molecule has 1 fully saturated rings. The van der Waals surface area contributed by atoms with E-state index in [0.717, 1.165) is 17.0 Å². The van der Waals surface area contributed by atoms with Crippen molar-refractivity contribution in [1.82, 2.24) is 10.3 Å². The van der Waals surface area contributed by atoms with Gasteiger partial charge in [0.25, 0.3) is 5.91 Å². The largest absolute Gasteiger partial charge is 0.488 e. The lowest BCUT2D eigenvalue weighted by molar-refractivity contribution is -0.150. The van der Waals surface area contributed by atoms with E-state index in [1.165, 1.54) is 4.88 Å². The van der Waals surface area contributed by atoms with Gasteiger partial charge in [0, 0.05) is 25.1 Å². The van der Waals surface area contributed by atoms with Crippen molar-refractivity contribution in [2.45, 2.75) is 32.9 Å². The molecule has 0 saturated carbocycles. The molecule has 2 aromatic rings. The second-order valence-corrected chi connectivity index (χ2v) is 7.04. The van der Waals surface area contributed by atoms with Crippen molar-refractivity contribution in [2.24, 2.45) is 5.22 Å². The molecule has 1 saturated heterocycles. The molecule has 1 N–H and O–H groups in total. The summed E-state index contributed by atoms with van der Waals surface area (Å²) in [6, 6.07) is 11.6. The minimum atomic E-state index is -0.332. The number of ether oxygens (including phenoxy) is 1. The zero-order valence-electron chi connectivity index (χ0n) is 14.3. The molecular weight excluding hydrogens is 336 g/mol. The third-order valence-corrected chi connectivity index (χ3v) is 4.60. The van der Waals surface area contributed by atoms with Crippen molar-refractivity contribution in [3.8, 4) is 5.75 Å². The fraction of sp³-hybridized carbons (Fsp3) is 0.333. The Morgan fingerprint density at radius 2 is 2.16 bits per heavy atom. The summed E-state index contributed by atoms with van der Waals surface area (Å²) < 4.78 is 5.77. The Morgan fingerprint density at radius 1 is 1.36 bits per heavy atom. The number of hydrogen-bond donors (Lipinski definition) is 1. The Hall–Kier alpha value is -2.63. The molecule has 3 rings (SSSR count). The van der Waals surface area contributed by atoms with E-state index < -0.39 is 0 Å². The molecule has 0 radical (unpaired) electrons. The normalized spacial score (nSPS) is 16.3. The fourth-order valence-corrected chi connectivity index (χ4v) is 3.07. The van der Waals surface area contributed by atoms with Crippen LogP contribution in [0.3, 0.4) is 0 Å². The second kappa shape index (κ2) is 7.96. The number of amides is 1. The van der Waals surface area contributed by atoms with Crippen LogP contribution in [-0.2, 0) is 17.8 Å². The number of rotatable bonds is 6. The summed E-state index contributed by atoms with van der Waals surface area (Å²) in [6.07, 6.45) is 0.582. The highest BCUT2D eigenvalue weighted by atomic mass is 32.1. The van der Waals surface area contributed by atoms with Gasteiger partial charge >= 0.3 is 0 Å². The number of thiophene rings is 1. The zero-order valence-corrected chi connectivity index (χ0v) is 15.1. The van der Waals surface area contributed by atoms with Gasteiger partial charge in [-0.05, 0) is 29.1 Å². The highest BCUT2D eigenvalue weighted by Crippen LogP contribution is 2.19. The first kappa shape index (κ1) is 17.2. The van der Waals surface area contributed by atoms with Crippen LogP contribution in [0, 0.1) is 0 Å². The number of carbonyl (C=O) groups is 1. The SMILES string of the molecule is CC(C)=[N+]=NN1CNC(=O)C1Cc1ccc(OCc2cccs2)cc1. The van der Waals surface area contributed by atoms with E-state index in [2.05, 4.69) is 21.4 Å². The van der Waals surface area contributed by atoms with Gasteiger partial charge in [-0.15, -0.1) is 16.3 Å². The van der Waals surface area contributed by atoms with Gasteiger partial charge < -0.3 is 10.1 Å². The summed E-state index contributed by atoms with van der Waals surface area (Å²) in [5.41, 5.74) is 1.91. The zero-order chi connectivity index (χ0) is 17.6. The molecule has 1 aromatic heterocycles. The van der Waals surface area contributed by atoms with E-state index in [1.807, 2.05) is 49.6 Å². The van der Waals surface area contributed by atoms with Gasteiger partial charge in [0.1, 0.15) is 12.4 Å². The number of nitrogens with zero attached hydrogens (tertiary/aromatic N) is 3. The van der Waals surface area contributed by atoms with Crippen molar-refractivity contribution in [1.29, 1.82) is 0 Å². The van der Waals surface area contributed by atoms with Crippen LogP contribution in [0.4, 0.5) is 0 Å². The molecule has 130 valence electrons. The highest BCUT2D eigenvalue weighted by molar-refractivity contribution is 7.09. The Bertz CT molecular complexity index is 776. The summed E-state index contributed by atoms with van der Waals surface area (Å²) in [7, 11) is 0. The molecule has 7 heteroatoms. The topological polar surface area (TPSA) is 68.0 Å². The van der Waals surface area contributed by atoms with Crippen LogP contribution in [0.1, 0.15) is 24.3 Å². The van der Waals surface area contributed by atoms with Crippen molar-refractivity contribution >= 4 is 23.0 Å². The first-order valence-corrected chi connectivity index (χ1v) is 9.00. The van der Waals surface area contributed by atoms with Crippen molar-refractivity contribution < 1.29 is 14.3 Å². The van der Waals surface area contributed by atoms with Crippen molar-refractivity contribution in [2.75, 3.05) is 6.67 Å². The summed E-state index contributed by atoms with van der Waals surface area (Å²) >= 11 is 1.68. The van der Waals surface area contributed by atoms with E-state index in [4.69, 9.17) is 4.74 Å². The number of hydrogen-bond acceptors (Lipinski definition) is 4. The van der Waals surface area contributed by atoms with Crippen molar-refractivity contribution in [3.63, 3.8) is 0 Å². The molecule has 1 unspecified atom stereocenters. The quantitative estimate of drug-likeness (QED) is 0.491. The molecule has 1 amide bonds. The van der Waals surface area contributed by atoms with Crippen LogP contribution < -0.4 is 10.1 Å². The average Bonchev–Trinajstić information content (AvgIpc) is 3.23. The summed E-state index contributed by atoms with van der Waals surface area (Å²) in [5, 5.41) is 10.7. The van der Waals surface area contributed by atoms with Crippen LogP contribution in [0.2, 0.25) is 0 Å². The van der Waals surface area contributed by atoms with Crippen LogP contribution in [-0.4, -0.2) is 34.1 Å². The molecule has 1 aromatic carbocycles. The third kappa shape index (κ3) is 4.68. The van der Waals surface area contributed by atoms with Crippen LogP contribution >= 0.6 is 11.3 Å². The van der Waals surface area contributed by atoms with E-state index in [0.29, 0.717) is 19.7 Å². The predicted octanol–water partition coefficient (Wildman–Crippen LogP) is 2.68. The average molecular weight is 357 g/mol. The van der Waals surface area contributed by atoms with Gasteiger partial charge in [0.15, 0.2) is 11.9 Å². The summed E-state index contributed by atoms with van der Waals surface area (Å²) in [6.45, 7) is 4.71. The third-order valence-electron chi connectivity index (χ3n) is 3.75. The van der Waals surface area contributed by atoms with Gasteiger partial charge in [0.05, 0.1) is 0 Å². The Balaban J connectivity index is 1.61. The second-order valence-electron chi connectivity index (χ2n) is 6.01. The maximum atomic E-state index is 12.0. The number of benzene rings is 1. The first-order chi connectivity index (χ1) is 12.1. The number of nitrogens with one attached hydrogen (secondary N) is 1. The lowest BCUT2D eigenvalue weighted by Gasteiger charge is -2.10. The van der Waals surface area contributed by atoms with Gasteiger partial charge in [-0.1, -0.05) is 23.0 Å². The van der Waals surface area contributed by atoms with E-state index >= 15 is 0 Å². The Labute approximate surface area is 150 Å². The summed E-state index contributed by atoms with van der Waals surface area (Å²) in [4.78, 5) is 17.3. The lowest BCUT2D eigenvalue weighted by Crippen LogP contribution is -2.31. The highest BCUT2D eigenvalue weighted by Gasteiger charge is 2.38. The molecule has 1 atom stereocenters. The molecular formula is C18H21N4O2S+. The summed E-state index contributed by atoms with van der Waals surface area (Å²) in [5.74, 6) is 0.798. The number of carbonyl (C=O) groups excluding carboxylic acids is 1. The minimum absolute atomic E-state index is 0.0225. The Morgan fingerprint density at radius 3 is 2.84 bits per heavy atom. The maximum absolute atomic E-state index is 12.0. The fourth-order valence-electron chi connectivity index (χ4n) is 2.46. The lowest BCUT2D eigenvalue weighted by atomic mass is 10.1. The molecule has 25 heavy (non-hydrogen) atoms. The predicted molar refractivity (Wildman–Crippen MR) is 96.5 cm³/mol. The standard InChI is InChI=1S/C18H20N4O2S/c1-13(2)20-21-22-12-19-18(23)17(22)10-14-5-7-15(8-6-14)24-11-16-4-3-9-25-16/h3-9,17H,10-12H2,1-2H3/p+1. The minimum Gasteiger partial charge on any atom is -0.488 e. The van der Waals surface area contributed by atoms with Gasteiger partial charge in [-0.3, -0.25) is 4.79 Å². The van der Waals surface area contributed by atoms with Gasteiger partial charge in [-0.25, -0.2) is 0 Å². The molecule has 1 aliphatic heterocycles. The van der Waals surface area contributed by atoms with E-state index in [-0.39, 0.29) is 11.9 Å². The molecule has 0 spiro atoms. The molecule has 2 heterocycles. The van der Waals surface area contributed by atoms with Gasteiger partial charge in [0.2, 0.25) is 11.8 Å². The first-order valence-electron chi connectivity index (χ1n) is 8.12. The van der Waals surface area contributed by atoms with Crippen LogP contribution in [0.15, 0.2) is 47.0 Å². The maximum Gasteiger partial charge on any atom is 0.270 e.